The van der Waals surface area contributed by atoms with Gasteiger partial charge in [-0.15, -0.1) is 0 Å². The first-order chi connectivity index (χ1) is 12.1. The highest BCUT2D eigenvalue weighted by Crippen LogP contribution is 2.18. The van der Waals surface area contributed by atoms with Crippen molar-refractivity contribution < 1.29 is 18.4 Å². The number of furan rings is 1. The van der Waals surface area contributed by atoms with Crippen LogP contribution in [0, 0.1) is 5.82 Å². The van der Waals surface area contributed by atoms with E-state index < -0.39 is 5.82 Å². The van der Waals surface area contributed by atoms with E-state index in [1.165, 1.54) is 18.2 Å². The Morgan fingerprint density at radius 3 is 2.92 bits per heavy atom. The first-order valence-corrected chi connectivity index (χ1v) is 8.21. The second-order valence-corrected chi connectivity index (χ2v) is 5.98. The largest absolute Gasteiger partial charge is 0.467 e. The summed E-state index contributed by atoms with van der Waals surface area (Å²) in [5.41, 5.74) is 0.406. The molecule has 0 radical (unpaired) electrons. The fourth-order valence-corrected chi connectivity index (χ4v) is 2.97. The summed E-state index contributed by atoms with van der Waals surface area (Å²) in [7, 11) is 0. The van der Waals surface area contributed by atoms with Crippen molar-refractivity contribution in [2.24, 2.45) is 0 Å². The normalized spacial score (nSPS) is 17.4. The SMILES string of the molecule is O=C(CN1CCCC1C(=O)NCc1ccco1)Nc1cccc(F)c1. The second kappa shape index (κ2) is 7.94. The Morgan fingerprint density at radius 1 is 1.28 bits per heavy atom. The maximum absolute atomic E-state index is 13.2. The highest BCUT2D eigenvalue weighted by atomic mass is 19.1. The molecular formula is C18H20FN3O3. The maximum Gasteiger partial charge on any atom is 0.238 e. The van der Waals surface area contributed by atoms with E-state index in [1.807, 2.05) is 4.90 Å². The van der Waals surface area contributed by atoms with Crippen LogP contribution in [-0.2, 0) is 16.1 Å². The number of halogens is 1. The van der Waals surface area contributed by atoms with Crippen LogP contribution in [0.15, 0.2) is 47.1 Å². The summed E-state index contributed by atoms with van der Waals surface area (Å²) in [5.74, 6) is -0.111. The number of rotatable bonds is 6. The van der Waals surface area contributed by atoms with Gasteiger partial charge in [0.15, 0.2) is 0 Å². The van der Waals surface area contributed by atoms with E-state index in [4.69, 9.17) is 4.42 Å². The molecule has 2 heterocycles. The molecule has 2 N–H and O–H groups in total. The number of carbonyl (C=O) groups is 2. The lowest BCUT2D eigenvalue weighted by Crippen LogP contribution is -2.45. The van der Waals surface area contributed by atoms with Crippen molar-refractivity contribution >= 4 is 17.5 Å². The van der Waals surface area contributed by atoms with Crippen molar-refractivity contribution in [1.29, 1.82) is 0 Å². The van der Waals surface area contributed by atoms with E-state index >= 15 is 0 Å². The lowest BCUT2D eigenvalue weighted by molar-refractivity contribution is -0.126. The van der Waals surface area contributed by atoms with Crippen molar-refractivity contribution in [2.45, 2.75) is 25.4 Å². The number of nitrogens with one attached hydrogen (secondary N) is 2. The van der Waals surface area contributed by atoms with Gasteiger partial charge in [0.25, 0.3) is 0 Å². The van der Waals surface area contributed by atoms with Gasteiger partial charge in [-0.2, -0.15) is 0 Å². The van der Waals surface area contributed by atoms with E-state index in [0.29, 0.717) is 31.0 Å². The fraction of sp³-hybridized carbons (Fsp3) is 0.333. The predicted octanol–water partition coefficient (Wildman–Crippen LogP) is 2.14. The zero-order valence-electron chi connectivity index (χ0n) is 13.7. The molecule has 0 saturated carbocycles. The number of nitrogens with zero attached hydrogens (tertiary/aromatic N) is 1. The molecule has 1 atom stereocenters. The van der Waals surface area contributed by atoms with E-state index in [-0.39, 0.29) is 24.4 Å². The van der Waals surface area contributed by atoms with E-state index in [9.17, 15) is 14.0 Å². The maximum atomic E-state index is 13.2. The van der Waals surface area contributed by atoms with Gasteiger partial charge in [0.1, 0.15) is 11.6 Å². The summed E-state index contributed by atoms with van der Waals surface area (Å²) in [6.07, 6.45) is 3.11. The lowest BCUT2D eigenvalue weighted by Gasteiger charge is -2.23. The van der Waals surface area contributed by atoms with Crippen LogP contribution in [0.2, 0.25) is 0 Å². The molecule has 1 fully saturated rings. The van der Waals surface area contributed by atoms with Crippen LogP contribution in [0.25, 0.3) is 0 Å². The Balaban J connectivity index is 1.52. The minimum absolute atomic E-state index is 0.0926. The third-order valence-electron chi connectivity index (χ3n) is 4.14. The van der Waals surface area contributed by atoms with Gasteiger partial charge in [-0.1, -0.05) is 6.07 Å². The minimum atomic E-state index is -0.408. The first kappa shape index (κ1) is 17.2. The lowest BCUT2D eigenvalue weighted by atomic mass is 10.2. The van der Waals surface area contributed by atoms with Crippen molar-refractivity contribution in [3.8, 4) is 0 Å². The molecule has 1 aliphatic heterocycles. The summed E-state index contributed by atoms with van der Waals surface area (Å²) >= 11 is 0. The Bertz CT molecular complexity index is 733. The number of hydrogen-bond donors (Lipinski definition) is 2. The molecule has 0 aliphatic carbocycles. The molecule has 1 aromatic carbocycles. The number of hydrogen-bond acceptors (Lipinski definition) is 4. The summed E-state index contributed by atoms with van der Waals surface area (Å²) in [5, 5.41) is 5.49. The molecule has 1 saturated heterocycles. The van der Waals surface area contributed by atoms with Crippen molar-refractivity contribution in [2.75, 3.05) is 18.4 Å². The number of benzene rings is 1. The summed E-state index contributed by atoms with van der Waals surface area (Å²) in [6.45, 7) is 1.09. The topological polar surface area (TPSA) is 74.6 Å². The van der Waals surface area contributed by atoms with Gasteiger partial charge in [0.05, 0.1) is 25.4 Å². The molecule has 0 bridgehead atoms. The molecule has 0 spiro atoms. The van der Waals surface area contributed by atoms with Crippen molar-refractivity contribution in [1.82, 2.24) is 10.2 Å². The molecule has 7 heteroatoms. The summed E-state index contributed by atoms with van der Waals surface area (Å²) < 4.78 is 18.4. The zero-order chi connectivity index (χ0) is 17.6. The highest BCUT2D eigenvalue weighted by Gasteiger charge is 2.31. The van der Waals surface area contributed by atoms with Crippen molar-refractivity contribution in [3.05, 3.63) is 54.2 Å². The van der Waals surface area contributed by atoms with Crippen LogP contribution in [0.5, 0.6) is 0 Å². The number of carbonyl (C=O) groups excluding carboxylic acids is 2. The van der Waals surface area contributed by atoms with Gasteiger partial charge < -0.3 is 15.1 Å². The molecular weight excluding hydrogens is 325 g/mol. The fourth-order valence-electron chi connectivity index (χ4n) is 2.97. The quantitative estimate of drug-likeness (QED) is 0.841. The average molecular weight is 345 g/mol. The van der Waals surface area contributed by atoms with E-state index in [2.05, 4.69) is 10.6 Å². The molecule has 1 aliphatic rings. The van der Waals surface area contributed by atoms with Gasteiger partial charge in [0, 0.05) is 5.69 Å². The molecule has 132 valence electrons. The summed E-state index contributed by atoms with van der Waals surface area (Å²) in [6, 6.07) is 8.95. The van der Waals surface area contributed by atoms with Gasteiger partial charge in [-0.3, -0.25) is 14.5 Å². The Kier molecular flexibility index (Phi) is 5.45. The minimum Gasteiger partial charge on any atom is -0.467 e. The third kappa shape index (κ3) is 4.67. The average Bonchev–Trinajstić information content (AvgIpc) is 3.24. The standard InChI is InChI=1S/C18H20FN3O3/c19-13-4-1-5-14(10-13)21-17(23)12-22-8-2-7-16(22)18(24)20-11-15-6-3-9-25-15/h1,3-6,9-10,16H,2,7-8,11-12H2,(H,20,24)(H,21,23). The molecule has 2 aromatic rings. The number of amides is 2. The Morgan fingerprint density at radius 2 is 2.16 bits per heavy atom. The van der Waals surface area contributed by atoms with E-state index in [1.54, 1.807) is 24.5 Å². The van der Waals surface area contributed by atoms with Crippen LogP contribution < -0.4 is 10.6 Å². The molecule has 6 nitrogen and oxygen atoms in total. The molecule has 1 unspecified atom stereocenters. The Hall–Kier alpha value is -2.67. The Labute approximate surface area is 145 Å². The number of likely N-dealkylation sites (tertiary alicyclic amines) is 1. The van der Waals surface area contributed by atoms with Gasteiger partial charge in [-0.25, -0.2) is 4.39 Å². The zero-order valence-corrected chi connectivity index (χ0v) is 13.7. The first-order valence-electron chi connectivity index (χ1n) is 8.21. The van der Waals surface area contributed by atoms with Gasteiger partial charge in [0.2, 0.25) is 11.8 Å². The van der Waals surface area contributed by atoms with E-state index in [0.717, 1.165) is 6.42 Å². The molecule has 25 heavy (non-hydrogen) atoms. The third-order valence-corrected chi connectivity index (χ3v) is 4.14. The second-order valence-electron chi connectivity index (χ2n) is 5.98. The smallest absolute Gasteiger partial charge is 0.238 e. The van der Waals surface area contributed by atoms with Crippen LogP contribution in [-0.4, -0.2) is 35.8 Å². The molecule has 2 amide bonds. The summed E-state index contributed by atoms with van der Waals surface area (Å²) in [4.78, 5) is 26.4. The monoisotopic (exact) mass is 345 g/mol. The number of anilines is 1. The van der Waals surface area contributed by atoms with Crippen molar-refractivity contribution in [3.63, 3.8) is 0 Å². The molecule has 1 aromatic heterocycles. The predicted molar refractivity (Wildman–Crippen MR) is 90.2 cm³/mol. The highest BCUT2D eigenvalue weighted by molar-refractivity contribution is 5.93. The van der Waals surface area contributed by atoms with Crippen LogP contribution in [0.1, 0.15) is 18.6 Å². The van der Waals surface area contributed by atoms with Gasteiger partial charge >= 0.3 is 0 Å². The van der Waals surface area contributed by atoms with Crippen LogP contribution >= 0.6 is 0 Å². The molecule has 3 rings (SSSR count). The van der Waals surface area contributed by atoms with Gasteiger partial charge in [-0.05, 0) is 49.7 Å². The van der Waals surface area contributed by atoms with Crippen LogP contribution in [0.4, 0.5) is 10.1 Å². The van der Waals surface area contributed by atoms with Crippen LogP contribution in [0.3, 0.4) is 0 Å².